The number of carbonyl (C=O) groups is 1. The molecule has 3 heterocycles. The first-order valence-electron chi connectivity index (χ1n) is 14.4. The molecule has 0 aliphatic carbocycles. The third-order valence-corrected chi connectivity index (χ3v) is 7.70. The number of amides is 1. The highest BCUT2D eigenvalue weighted by molar-refractivity contribution is 6.31. The molecule has 0 saturated heterocycles. The SMILES string of the molecule is COc1cc(C2=NN(C(C)=O)C(c3ccccc3)C2)ccc1OCc1cn(CCCNc2ccnc3cc(Cl)ccc23)nn1. The summed E-state index contributed by atoms with van der Waals surface area (Å²) in [4.78, 5) is 16.7. The fraction of sp³-hybridized carbons (Fsp3) is 0.242. The molecular weight excluding hydrogens is 578 g/mol. The van der Waals surface area contributed by atoms with Crippen LogP contribution in [0.3, 0.4) is 0 Å². The van der Waals surface area contributed by atoms with Gasteiger partial charge >= 0.3 is 0 Å². The number of halogens is 1. The van der Waals surface area contributed by atoms with Crippen LogP contribution in [0, 0.1) is 0 Å². The maximum Gasteiger partial charge on any atom is 0.240 e. The summed E-state index contributed by atoms with van der Waals surface area (Å²) in [6.07, 6.45) is 5.13. The Morgan fingerprint density at radius 3 is 2.75 bits per heavy atom. The number of aryl methyl sites for hydroxylation is 1. The molecule has 11 heteroatoms. The standard InChI is InChI=1S/C33H32ClN7O3/c1-22(42)41-31(23-7-4-3-5-8-23)19-29(38-41)24-9-12-32(33(17-24)43-2)44-21-26-20-40(39-37-26)16-6-14-35-28-13-15-36-30-18-25(34)10-11-27(28)30/h3-5,7-13,15,17-18,20,31H,6,14,16,19,21H2,1-2H3,(H,35,36). The van der Waals surface area contributed by atoms with Gasteiger partial charge in [-0.1, -0.05) is 47.1 Å². The van der Waals surface area contributed by atoms with Gasteiger partial charge in [-0.25, -0.2) is 5.01 Å². The first-order chi connectivity index (χ1) is 21.5. The van der Waals surface area contributed by atoms with Crippen molar-refractivity contribution in [2.75, 3.05) is 19.0 Å². The molecule has 0 fully saturated rings. The average molecular weight is 610 g/mol. The van der Waals surface area contributed by atoms with Gasteiger partial charge in [0.2, 0.25) is 5.91 Å². The summed E-state index contributed by atoms with van der Waals surface area (Å²) in [6.45, 7) is 3.25. The summed E-state index contributed by atoms with van der Waals surface area (Å²) >= 11 is 6.10. The monoisotopic (exact) mass is 609 g/mol. The Bertz CT molecular complexity index is 1810. The predicted molar refractivity (Wildman–Crippen MR) is 170 cm³/mol. The van der Waals surface area contributed by atoms with E-state index in [2.05, 4.69) is 25.7 Å². The first kappa shape index (κ1) is 29.1. The number of hydrogen-bond acceptors (Lipinski definition) is 8. The minimum atomic E-state index is -0.140. The van der Waals surface area contributed by atoms with E-state index in [0.717, 1.165) is 46.4 Å². The summed E-state index contributed by atoms with van der Waals surface area (Å²) in [6, 6.07) is 23.2. The van der Waals surface area contributed by atoms with Crippen molar-refractivity contribution in [2.24, 2.45) is 5.10 Å². The van der Waals surface area contributed by atoms with E-state index in [9.17, 15) is 4.79 Å². The molecule has 224 valence electrons. The van der Waals surface area contributed by atoms with Gasteiger partial charge in [0.1, 0.15) is 12.3 Å². The number of anilines is 1. The maximum atomic E-state index is 12.3. The Hall–Kier alpha value is -4.96. The fourth-order valence-electron chi connectivity index (χ4n) is 5.28. The van der Waals surface area contributed by atoms with Crippen LogP contribution in [0.1, 0.15) is 42.6 Å². The van der Waals surface area contributed by atoms with E-state index in [4.69, 9.17) is 21.1 Å². The van der Waals surface area contributed by atoms with Crippen molar-refractivity contribution >= 4 is 39.8 Å². The summed E-state index contributed by atoms with van der Waals surface area (Å²) in [5, 5.41) is 19.9. The second kappa shape index (κ2) is 13.1. The highest BCUT2D eigenvalue weighted by Crippen LogP contribution is 2.35. The summed E-state index contributed by atoms with van der Waals surface area (Å²) in [7, 11) is 1.60. The number of pyridine rings is 1. The number of benzene rings is 3. The Balaban J connectivity index is 1.04. The van der Waals surface area contributed by atoms with Crippen LogP contribution in [0.15, 0.2) is 90.3 Å². The molecule has 10 nitrogen and oxygen atoms in total. The van der Waals surface area contributed by atoms with E-state index < -0.39 is 0 Å². The van der Waals surface area contributed by atoms with Gasteiger partial charge in [0.15, 0.2) is 11.5 Å². The third kappa shape index (κ3) is 6.50. The second-order valence-corrected chi connectivity index (χ2v) is 10.9. The van der Waals surface area contributed by atoms with Crippen molar-refractivity contribution in [3.63, 3.8) is 0 Å². The largest absolute Gasteiger partial charge is 0.493 e. The van der Waals surface area contributed by atoms with Crippen LogP contribution in [0.2, 0.25) is 5.02 Å². The molecule has 2 aromatic heterocycles. The predicted octanol–water partition coefficient (Wildman–Crippen LogP) is 6.27. The lowest BCUT2D eigenvalue weighted by Crippen LogP contribution is -2.24. The van der Waals surface area contributed by atoms with Crippen LogP contribution >= 0.6 is 11.6 Å². The van der Waals surface area contributed by atoms with Crippen LogP contribution in [0.25, 0.3) is 10.9 Å². The van der Waals surface area contributed by atoms with Crippen LogP contribution < -0.4 is 14.8 Å². The van der Waals surface area contributed by atoms with Gasteiger partial charge in [-0.2, -0.15) is 5.10 Å². The summed E-state index contributed by atoms with van der Waals surface area (Å²) < 4.78 is 13.5. The van der Waals surface area contributed by atoms with Crippen molar-refractivity contribution < 1.29 is 14.3 Å². The number of hydrazone groups is 1. The zero-order valence-electron chi connectivity index (χ0n) is 24.5. The molecule has 1 aliphatic heterocycles. The minimum Gasteiger partial charge on any atom is -0.493 e. The lowest BCUT2D eigenvalue weighted by Gasteiger charge is -2.20. The molecule has 3 aromatic carbocycles. The Kier molecular flexibility index (Phi) is 8.69. The molecular formula is C33H32ClN7O3. The van der Waals surface area contributed by atoms with Crippen LogP contribution in [0.5, 0.6) is 11.5 Å². The zero-order chi connectivity index (χ0) is 30.5. The molecule has 1 aliphatic rings. The second-order valence-electron chi connectivity index (χ2n) is 10.5. The number of nitrogens with one attached hydrogen (secondary N) is 1. The number of ether oxygens (including phenoxy) is 2. The van der Waals surface area contributed by atoms with Gasteiger partial charge in [-0.3, -0.25) is 14.5 Å². The van der Waals surface area contributed by atoms with Crippen molar-refractivity contribution in [3.8, 4) is 11.5 Å². The fourth-order valence-corrected chi connectivity index (χ4v) is 5.45. The lowest BCUT2D eigenvalue weighted by atomic mass is 9.98. The number of fused-ring (bicyclic) bond motifs is 1. The highest BCUT2D eigenvalue weighted by atomic mass is 35.5. The van der Waals surface area contributed by atoms with Crippen LogP contribution in [-0.4, -0.2) is 50.3 Å². The third-order valence-electron chi connectivity index (χ3n) is 7.46. The van der Waals surface area contributed by atoms with Gasteiger partial charge < -0.3 is 14.8 Å². The van der Waals surface area contributed by atoms with E-state index in [1.807, 2.05) is 83.7 Å². The van der Waals surface area contributed by atoms with Crippen LogP contribution in [0.4, 0.5) is 5.69 Å². The highest BCUT2D eigenvalue weighted by Gasteiger charge is 2.31. The minimum absolute atomic E-state index is 0.0989. The first-order valence-corrected chi connectivity index (χ1v) is 14.8. The van der Waals surface area contributed by atoms with E-state index in [0.29, 0.717) is 35.2 Å². The molecule has 6 rings (SSSR count). The summed E-state index contributed by atoms with van der Waals surface area (Å²) in [5.41, 5.74) is 5.33. The van der Waals surface area contributed by atoms with Crippen molar-refractivity contribution in [2.45, 2.75) is 39.0 Å². The molecule has 0 bridgehead atoms. The molecule has 1 N–H and O–H groups in total. The number of methoxy groups -OCH3 is 1. The molecule has 1 atom stereocenters. The van der Waals surface area contributed by atoms with Crippen molar-refractivity contribution in [1.29, 1.82) is 0 Å². The molecule has 5 aromatic rings. The van der Waals surface area contributed by atoms with Gasteiger partial charge in [0, 0.05) is 54.3 Å². The molecule has 0 radical (unpaired) electrons. The Morgan fingerprint density at radius 2 is 1.93 bits per heavy atom. The topological polar surface area (TPSA) is 107 Å². The maximum absolute atomic E-state index is 12.3. The number of hydrogen-bond donors (Lipinski definition) is 1. The van der Waals surface area contributed by atoms with E-state index in [-0.39, 0.29) is 18.6 Å². The lowest BCUT2D eigenvalue weighted by molar-refractivity contribution is -0.130. The molecule has 44 heavy (non-hydrogen) atoms. The number of rotatable bonds is 11. The molecule has 0 saturated carbocycles. The van der Waals surface area contributed by atoms with Gasteiger partial charge in [0.25, 0.3) is 0 Å². The van der Waals surface area contributed by atoms with Crippen molar-refractivity contribution in [1.82, 2.24) is 25.0 Å². The number of carbonyl (C=O) groups excluding carboxylic acids is 1. The normalized spacial score (nSPS) is 14.5. The molecule has 0 spiro atoms. The Morgan fingerprint density at radius 1 is 1.07 bits per heavy atom. The van der Waals surface area contributed by atoms with E-state index in [1.54, 1.807) is 18.3 Å². The average Bonchev–Trinajstić information content (AvgIpc) is 3.70. The van der Waals surface area contributed by atoms with Gasteiger partial charge in [0.05, 0.1) is 30.6 Å². The number of nitrogens with zero attached hydrogens (tertiary/aromatic N) is 6. The Labute approximate surface area is 260 Å². The van der Waals surface area contributed by atoms with E-state index >= 15 is 0 Å². The smallest absolute Gasteiger partial charge is 0.240 e. The van der Waals surface area contributed by atoms with Gasteiger partial charge in [-0.15, -0.1) is 5.10 Å². The van der Waals surface area contributed by atoms with E-state index in [1.165, 1.54) is 6.92 Å². The number of aromatic nitrogens is 4. The van der Waals surface area contributed by atoms with Gasteiger partial charge in [-0.05, 0) is 54.4 Å². The quantitative estimate of drug-likeness (QED) is 0.176. The molecule has 1 amide bonds. The zero-order valence-corrected chi connectivity index (χ0v) is 25.2. The van der Waals surface area contributed by atoms with Crippen LogP contribution in [-0.2, 0) is 17.9 Å². The molecule has 1 unspecified atom stereocenters. The van der Waals surface area contributed by atoms with Crippen molar-refractivity contribution in [3.05, 3.63) is 107 Å². The summed E-state index contributed by atoms with van der Waals surface area (Å²) in [5.74, 6) is 1.06.